The summed E-state index contributed by atoms with van der Waals surface area (Å²) in [4.78, 5) is 45.3. The molecule has 9 nitrogen and oxygen atoms in total. The van der Waals surface area contributed by atoms with Gasteiger partial charge in [0.15, 0.2) is 5.13 Å². The Kier molecular flexibility index (Phi) is 8.65. The van der Waals surface area contributed by atoms with E-state index in [4.69, 9.17) is 14.2 Å². The van der Waals surface area contributed by atoms with Crippen LogP contribution in [0.25, 0.3) is 5.76 Å². The van der Waals surface area contributed by atoms with Crippen molar-refractivity contribution in [3.63, 3.8) is 0 Å². The zero-order valence-corrected chi connectivity index (χ0v) is 23.0. The molecule has 1 N–H and O–H groups in total. The molecule has 1 saturated heterocycles. The Morgan fingerprint density at radius 3 is 2.44 bits per heavy atom. The molecule has 10 heteroatoms. The second kappa shape index (κ2) is 12.1. The van der Waals surface area contributed by atoms with Crippen LogP contribution in [-0.4, -0.2) is 47.6 Å². The van der Waals surface area contributed by atoms with E-state index in [2.05, 4.69) is 4.98 Å². The molecular weight excluding hydrogens is 520 g/mol. The smallest absolute Gasteiger partial charge is 0.350 e. The summed E-state index contributed by atoms with van der Waals surface area (Å²) < 4.78 is 16.4. The second-order valence-corrected chi connectivity index (χ2v) is 9.66. The largest absolute Gasteiger partial charge is 0.507 e. The van der Waals surface area contributed by atoms with E-state index in [1.54, 1.807) is 62.4 Å². The number of thiazole rings is 1. The van der Waals surface area contributed by atoms with Gasteiger partial charge in [-0.2, -0.15) is 0 Å². The van der Waals surface area contributed by atoms with Gasteiger partial charge < -0.3 is 19.3 Å². The van der Waals surface area contributed by atoms with E-state index in [1.807, 2.05) is 13.8 Å². The summed E-state index contributed by atoms with van der Waals surface area (Å²) in [5.74, 6) is -1.48. The molecular formula is C29H30N2O7S. The number of aromatic nitrogens is 1. The van der Waals surface area contributed by atoms with Crippen LogP contribution in [0.15, 0.2) is 54.1 Å². The molecule has 2 heterocycles. The Labute approximate surface area is 230 Å². The molecule has 4 rings (SSSR count). The minimum absolute atomic E-state index is 0.0959. The third-order valence-corrected chi connectivity index (χ3v) is 7.12. The first-order valence-electron chi connectivity index (χ1n) is 12.7. The number of rotatable bonds is 10. The van der Waals surface area contributed by atoms with E-state index >= 15 is 0 Å². The number of aliphatic hydroxyl groups excluding tert-OH is 1. The third kappa shape index (κ3) is 5.65. The number of carbonyl (C=O) groups excluding carboxylic acids is 3. The summed E-state index contributed by atoms with van der Waals surface area (Å²) in [6.45, 7) is 8.33. The van der Waals surface area contributed by atoms with Gasteiger partial charge in [-0.3, -0.25) is 14.5 Å². The highest BCUT2D eigenvalue weighted by atomic mass is 32.1. The molecule has 0 bridgehead atoms. The Balaban J connectivity index is 1.87. The number of hydrogen-bond donors (Lipinski definition) is 1. The molecule has 1 aliphatic rings. The molecule has 0 aliphatic carbocycles. The maximum atomic E-state index is 13.5. The molecule has 1 aromatic heterocycles. The number of nitrogens with zero attached hydrogens (tertiary/aromatic N) is 2. The van der Waals surface area contributed by atoms with Crippen molar-refractivity contribution in [2.45, 2.75) is 40.2 Å². The van der Waals surface area contributed by atoms with Crippen LogP contribution in [0.4, 0.5) is 5.13 Å². The summed E-state index contributed by atoms with van der Waals surface area (Å²) >= 11 is 0.960. The molecule has 1 fully saturated rings. The van der Waals surface area contributed by atoms with Gasteiger partial charge in [0.1, 0.15) is 22.1 Å². The first kappa shape index (κ1) is 27.8. The lowest BCUT2D eigenvalue weighted by Gasteiger charge is -2.23. The van der Waals surface area contributed by atoms with E-state index in [0.29, 0.717) is 41.5 Å². The summed E-state index contributed by atoms with van der Waals surface area (Å²) in [6.07, 6.45) is 0.842. The quantitative estimate of drug-likeness (QED) is 0.154. The van der Waals surface area contributed by atoms with Gasteiger partial charge in [0.25, 0.3) is 5.78 Å². The van der Waals surface area contributed by atoms with Crippen LogP contribution < -0.4 is 14.4 Å². The van der Waals surface area contributed by atoms with E-state index in [9.17, 15) is 19.5 Å². The van der Waals surface area contributed by atoms with Gasteiger partial charge in [-0.1, -0.05) is 42.5 Å². The molecule has 0 spiro atoms. The van der Waals surface area contributed by atoms with Gasteiger partial charge in [0.2, 0.25) is 0 Å². The molecule has 1 amide bonds. The molecule has 39 heavy (non-hydrogen) atoms. The maximum absolute atomic E-state index is 13.5. The average Bonchev–Trinajstić information content (AvgIpc) is 3.44. The van der Waals surface area contributed by atoms with Crippen molar-refractivity contribution in [2.75, 3.05) is 24.7 Å². The minimum Gasteiger partial charge on any atom is -0.507 e. The highest BCUT2D eigenvalue weighted by molar-refractivity contribution is 7.17. The Hall–Kier alpha value is -4.18. The number of esters is 1. The molecule has 204 valence electrons. The predicted octanol–water partition coefficient (Wildman–Crippen LogP) is 5.44. The summed E-state index contributed by atoms with van der Waals surface area (Å²) in [5.41, 5.74) is 1.17. The summed E-state index contributed by atoms with van der Waals surface area (Å²) in [6, 6.07) is 12.7. The molecule has 1 atom stereocenters. The number of benzene rings is 2. The first-order valence-corrected chi connectivity index (χ1v) is 13.5. The van der Waals surface area contributed by atoms with E-state index < -0.39 is 23.7 Å². The molecule has 0 radical (unpaired) electrons. The zero-order chi connectivity index (χ0) is 28.1. The third-order valence-electron chi connectivity index (χ3n) is 5.98. The second-order valence-electron chi connectivity index (χ2n) is 8.68. The molecule has 0 saturated carbocycles. The Morgan fingerprint density at radius 1 is 1.03 bits per heavy atom. The average molecular weight is 551 g/mol. The highest BCUT2D eigenvalue weighted by Gasteiger charge is 2.48. The van der Waals surface area contributed by atoms with Crippen molar-refractivity contribution in [2.24, 2.45) is 0 Å². The SMILES string of the molecule is CCCOc1ccc(C2/C(=C(\O)c3cccc(OCC)c3)C(=O)C(=O)N2c2nc(C)c(C(=O)OCC)s2)cc1. The van der Waals surface area contributed by atoms with Crippen molar-refractivity contribution in [1.29, 1.82) is 0 Å². The van der Waals surface area contributed by atoms with Crippen molar-refractivity contribution < 1.29 is 33.7 Å². The van der Waals surface area contributed by atoms with E-state index in [-0.39, 0.29) is 27.9 Å². The Bertz CT molecular complexity index is 1410. The van der Waals surface area contributed by atoms with Crippen molar-refractivity contribution >= 4 is 39.9 Å². The van der Waals surface area contributed by atoms with E-state index in [0.717, 1.165) is 17.8 Å². The predicted molar refractivity (Wildman–Crippen MR) is 147 cm³/mol. The number of amides is 1. The normalized spacial score (nSPS) is 16.4. The van der Waals surface area contributed by atoms with Crippen LogP contribution in [-0.2, 0) is 14.3 Å². The molecule has 2 aromatic carbocycles. The molecule has 1 aliphatic heterocycles. The maximum Gasteiger partial charge on any atom is 0.350 e. The lowest BCUT2D eigenvalue weighted by molar-refractivity contribution is -0.132. The van der Waals surface area contributed by atoms with E-state index in [1.165, 1.54) is 4.90 Å². The van der Waals surface area contributed by atoms with Crippen LogP contribution in [0, 0.1) is 6.92 Å². The van der Waals surface area contributed by atoms with Crippen molar-refractivity contribution in [3.05, 3.63) is 75.8 Å². The number of ketones is 1. The number of ether oxygens (including phenoxy) is 3. The van der Waals surface area contributed by atoms with Crippen LogP contribution in [0.5, 0.6) is 11.5 Å². The number of aliphatic hydroxyl groups is 1. The van der Waals surface area contributed by atoms with Gasteiger partial charge in [0.05, 0.1) is 37.1 Å². The summed E-state index contributed by atoms with van der Waals surface area (Å²) in [7, 11) is 0. The van der Waals surface area contributed by atoms with Crippen molar-refractivity contribution in [3.8, 4) is 11.5 Å². The zero-order valence-electron chi connectivity index (χ0n) is 22.2. The van der Waals surface area contributed by atoms with Crippen LogP contribution in [0.3, 0.4) is 0 Å². The van der Waals surface area contributed by atoms with Gasteiger partial charge in [0, 0.05) is 5.56 Å². The van der Waals surface area contributed by atoms with Crippen LogP contribution >= 0.6 is 11.3 Å². The fraction of sp³-hybridized carbons (Fsp3) is 0.310. The van der Waals surface area contributed by atoms with Gasteiger partial charge in [-0.15, -0.1) is 0 Å². The monoisotopic (exact) mass is 550 g/mol. The fourth-order valence-electron chi connectivity index (χ4n) is 4.24. The number of aryl methyl sites for hydroxylation is 1. The molecule has 3 aromatic rings. The minimum atomic E-state index is -0.999. The summed E-state index contributed by atoms with van der Waals surface area (Å²) in [5, 5.41) is 11.5. The van der Waals surface area contributed by atoms with Crippen LogP contribution in [0.2, 0.25) is 0 Å². The van der Waals surface area contributed by atoms with Gasteiger partial charge in [-0.25, -0.2) is 9.78 Å². The first-order chi connectivity index (χ1) is 18.8. The van der Waals surface area contributed by atoms with Crippen molar-refractivity contribution in [1.82, 2.24) is 4.98 Å². The Morgan fingerprint density at radius 2 is 1.77 bits per heavy atom. The van der Waals surface area contributed by atoms with Crippen LogP contribution in [0.1, 0.15) is 59.7 Å². The topological polar surface area (TPSA) is 115 Å². The lowest BCUT2D eigenvalue weighted by atomic mass is 9.95. The fourth-order valence-corrected chi connectivity index (χ4v) is 5.23. The molecule has 1 unspecified atom stereocenters. The van der Waals surface area contributed by atoms with Gasteiger partial charge in [-0.05, 0) is 57.0 Å². The highest BCUT2D eigenvalue weighted by Crippen LogP contribution is 2.44. The number of hydrogen-bond acceptors (Lipinski definition) is 9. The lowest BCUT2D eigenvalue weighted by Crippen LogP contribution is -2.29. The number of Topliss-reactive ketones (excluding diaryl/α,β-unsaturated/α-hetero) is 1. The van der Waals surface area contributed by atoms with Gasteiger partial charge >= 0.3 is 11.9 Å². The number of anilines is 1. The standard InChI is InChI=1S/C29H30N2O7S/c1-5-15-38-20-13-11-18(12-14-20)23-22(24(32)19-9-8-10-21(16-19)36-6-2)25(33)27(34)31(23)29-30-17(4)26(39-29)28(35)37-7-3/h8-14,16,23,32H,5-7,15H2,1-4H3/b24-22+. The number of carbonyl (C=O) groups is 3.